The summed E-state index contributed by atoms with van der Waals surface area (Å²) >= 11 is 24.5. The zero-order valence-corrected chi connectivity index (χ0v) is 16.3. The Kier molecular flexibility index (Phi) is 6.46. The minimum atomic E-state index is 0.223. The van der Waals surface area contributed by atoms with Crippen LogP contribution in [0.3, 0.4) is 0 Å². The highest BCUT2D eigenvalue weighted by atomic mass is 35.5. The highest BCUT2D eigenvalue weighted by Crippen LogP contribution is 2.25. The molecule has 0 unspecified atom stereocenters. The molecule has 1 N–H and O–H groups in total. The number of nitrogens with one attached hydrogen (secondary N) is 1. The highest BCUT2D eigenvalue weighted by molar-refractivity contribution is 6.49. The van der Waals surface area contributed by atoms with Gasteiger partial charge in [0.2, 0.25) is 0 Å². The summed E-state index contributed by atoms with van der Waals surface area (Å²) < 4.78 is 1.60. The summed E-state index contributed by atoms with van der Waals surface area (Å²) in [5.41, 5.74) is 5.09. The van der Waals surface area contributed by atoms with Crippen LogP contribution in [0.25, 0.3) is 10.9 Å². The van der Waals surface area contributed by atoms with Crippen molar-refractivity contribution in [3.8, 4) is 0 Å². The monoisotopic (exact) mass is 427 g/mol. The number of aromatic nitrogens is 2. The van der Waals surface area contributed by atoms with E-state index in [1.165, 1.54) is 6.33 Å². The predicted molar refractivity (Wildman–Crippen MR) is 107 cm³/mol. The molecule has 0 radical (unpaired) electrons. The summed E-state index contributed by atoms with van der Waals surface area (Å²) in [5, 5.41) is 1.79. The Morgan fingerprint density at radius 1 is 1.08 bits per heavy atom. The minimum Gasteiger partial charge on any atom is -0.293 e. The van der Waals surface area contributed by atoms with E-state index in [0.717, 1.165) is 11.1 Å². The SMILES string of the molecule is ClC(=C(NOCc1ccc(Cl)cc1Cl)c1ccccc1)n1cnc(Cl)c1. The van der Waals surface area contributed by atoms with Crippen LogP contribution in [0.5, 0.6) is 0 Å². The van der Waals surface area contributed by atoms with Gasteiger partial charge in [-0.25, -0.2) is 4.98 Å². The molecular weight excluding hydrogens is 416 g/mol. The van der Waals surface area contributed by atoms with Crippen molar-refractivity contribution in [3.63, 3.8) is 0 Å². The zero-order chi connectivity index (χ0) is 18.5. The van der Waals surface area contributed by atoms with E-state index < -0.39 is 0 Å². The topological polar surface area (TPSA) is 39.1 Å². The normalized spacial score (nSPS) is 12.0. The number of hydroxylamine groups is 1. The van der Waals surface area contributed by atoms with Gasteiger partial charge in [-0.15, -0.1) is 0 Å². The third-order valence-electron chi connectivity index (χ3n) is 3.46. The van der Waals surface area contributed by atoms with Gasteiger partial charge in [-0.2, -0.15) is 0 Å². The van der Waals surface area contributed by atoms with Gasteiger partial charge in [-0.3, -0.25) is 14.9 Å². The number of nitrogens with zero attached hydrogens (tertiary/aromatic N) is 2. The summed E-state index contributed by atoms with van der Waals surface area (Å²) in [7, 11) is 0. The molecule has 0 bridgehead atoms. The molecule has 0 atom stereocenters. The molecule has 0 amide bonds. The number of rotatable bonds is 6. The lowest BCUT2D eigenvalue weighted by Crippen LogP contribution is -2.15. The van der Waals surface area contributed by atoms with Crippen molar-refractivity contribution in [1.82, 2.24) is 15.0 Å². The number of imidazole rings is 1. The van der Waals surface area contributed by atoms with E-state index >= 15 is 0 Å². The molecule has 2 aromatic carbocycles. The number of benzene rings is 2. The van der Waals surface area contributed by atoms with E-state index in [1.54, 1.807) is 29.0 Å². The van der Waals surface area contributed by atoms with E-state index in [4.69, 9.17) is 51.2 Å². The first-order valence-electron chi connectivity index (χ1n) is 7.51. The third-order valence-corrected chi connectivity index (χ3v) is 4.63. The molecule has 0 spiro atoms. The van der Waals surface area contributed by atoms with Crippen molar-refractivity contribution in [2.24, 2.45) is 0 Å². The molecule has 0 aliphatic rings. The maximum atomic E-state index is 6.51. The lowest BCUT2D eigenvalue weighted by atomic mass is 10.2. The largest absolute Gasteiger partial charge is 0.293 e. The van der Waals surface area contributed by atoms with Gasteiger partial charge in [0.05, 0.1) is 0 Å². The van der Waals surface area contributed by atoms with Crippen LogP contribution in [-0.2, 0) is 11.4 Å². The van der Waals surface area contributed by atoms with Crippen molar-refractivity contribution >= 4 is 57.3 Å². The fraction of sp³-hybridized carbons (Fsp3) is 0.0556. The van der Waals surface area contributed by atoms with Crippen molar-refractivity contribution < 1.29 is 4.84 Å². The average molecular weight is 429 g/mol. The first-order chi connectivity index (χ1) is 12.5. The molecule has 1 aromatic heterocycles. The van der Waals surface area contributed by atoms with Gasteiger partial charge in [-0.05, 0) is 17.7 Å². The van der Waals surface area contributed by atoms with Crippen LogP contribution < -0.4 is 5.48 Å². The van der Waals surface area contributed by atoms with E-state index in [1.807, 2.05) is 30.3 Å². The van der Waals surface area contributed by atoms with Crippen LogP contribution in [0.1, 0.15) is 11.1 Å². The standard InChI is InChI=1S/C18H13Cl4N3O/c19-14-7-6-13(15(20)8-14)10-26-24-17(12-4-2-1-3-5-12)18(22)25-9-16(21)23-11-25/h1-9,11,24H,10H2. The molecule has 0 saturated heterocycles. The Balaban J connectivity index is 1.83. The second kappa shape index (κ2) is 8.80. The van der Waals surface area contributed by atoms with Crippen molar-refractivity contribution in [2.75, 3.05) is 0 Å². The van der Waals surface area contributed by atoms with Crippen molar-refractivity contribution in [1.29, 1.82) is 0 Å². The second-order valence-corrected chi connectivity index (χ2v) is 6.85. The molecule has 3 aromatic rings. The van der Waals surface area contributed by atoms with Crippen LogP contribution in [0.2, 0.25) is 15.2 Å². The molecule has 3 rings (SSSR count). The van der Waals surface area contributed by atoms with Gasteiger partial charge in [-0.1, -0.05) is 82.8 Å². The van der Waals surface area contributed by atoms with E-state index in [-0.39, 0.29) is 6.61 Å². The molecule has 0 fully saturated rings. The van der Waals surface area contributed by atoms with Gasteiger partial charge in [0, 0.05) is 21.8 Å². The van der Waals surface area contributed by atoms with Crippen LogP contribution in [0.15, 0.2) is 61.1 Å². The first kappa shape index (κ1) is 19.1. The van der Waals surface area contributed by atoms with E-state index in [0.29, 0.717) is 26.1 Å². The van der Waals surface area contributed by atoms with Gasteiger partial charge in [0.15, 0.2) is 0 Å². The second-order valence-electron chi connectivity index (χ2n) is 5.26. The molecule has 0 saturated carbocycles. The fourth-order valence-corrected chi connectivity index (χ4v) is 3.04. The van der Waals surface area contributed by atoms with Crippen molar-refractivity contribution in [2.45, 2.75) is 6.61 Å². The molecule has 26 heavy (non-hydrogen) atoms. The van der Waals surface area contributed by atoms with Gasteiger partial charge in [0.25, 0.3) is 0 Å². The number of hydrogen-bond donors (Lipinski definition) is 1. The Labute approximate surface area is 170 Å². The summed E-state index contributed by atoms with van der Waals surface area (Å²) in [6, 6.07) is 14.7. The average Bonchev–Trinajstić information content (AvgIpc) is 3.07. The number of halogens is 4. The Morgan fingerprint density at radius 2 is 1.85 bits per heavy atom. The molecule has 8 heteroatoms. The van der Waals surface area contributed by atoms with Crippen molar-refractivity contribution in [3.05, 3.63) is 87.4 Å². The maximum Gasteiger partial charge on any atom is 0.147 e. The van der Waals surface area contributed by atoms with Crippen LogP contribution in [-0.4, -0.2) is 9.55 Å². The van der Waals surface area contributed by atoms with Crippen LogP contribution >= 0.6 is 46.4 Å². The Hall–Kier alpha value is -1.69. The van der Waals surface area contributed by atoms with E-state index in [9.17, 15) is 0 Å². The molecule has 0 aliphatic carbocycles. The van der Waals surface area contributed by atoms with Crippen LogP contribution in [0.4, 0.5) is 0 Å². The Morgan fingerprint density at radius 3 is 2.50 bits per heavy atom. The fourth-order valence-electron chi connectivity index (χ4n) is 2.18. The molecule has 134 valence electrons. The zero-order valence-electron chi connectivity index (χ0n) is 13.3. The molecular formula is C18H13Cl4N3O. The third kappa shape index (κ3) is 4.72. The Bertz CT molecular complexity index is 925. The predicted octanol–water partition coefficient (Wildman–Crippen LogP) is 6.09. The highest BCUT2D eigenvalue weighted by Gasteiger charge is 2.11. The summed E-state index contributed by atoms with van der Waals surface area (Å²) in [4.78, 5) is 9.59. The van der Waals surface area contributed by atoms with Gasteiger partial charge >= 0.3 is 0 Å². The minimum absolute atomic E-state index is 0.223. The lowest BCUT2D eigenvalue weighted by molar-refractivity contribution is 0.0649. The smallest absolute Gasteiger partial charge is 0.147 e. The maximum absolute atomic E-state index is 6.51. The quantitative estimate of drug-likeness (QED) is 0.483. The summed E-state index contributed by atoms with van der Waals surface area (Å²) in [5.74, 6) is 0. The summed E-state index contributed by atoms with van der Waals surface area (Å²) in [6.07, 6.45) is 3.12. The summed E-state index contributed by atoms with van der Waals surface area (Å²) in [6.45, 7) is 0.223. The van der Waals surface area contributed by atoms with Gasteiger partial charge in [0.1, 0.15) is 28.9 Å². The molecule has 1 heterocycles. The van der Waals surface area contributed by atoms with Gasteiger partial charge < -0.3 is 0 Å². The van der Waals surface area contributed by atoms with Crippen LogP contribution in [0, 0.1) is 0 Å². The molecule has 0 aliphatic heterocycles. The lowest BCUT2D eigenvalue weighted by Gasteiger charge is -2.15. The van der Waals surface area contributed by atoms with E-state index in [2.05, 4.69) is 10.5 Å². The first-order valence-corrected chi connectivity index (χ1v) is 9.02. The molecule has 4 nitrogen and oxygen atoms in total. The number of hydrogen-bond acceptors (Lipinski definition) is 3.